The molecule has 0 heterocycles. The fraction of sp³-hybridized carbons (Fsp3) is 0.588. The van der Waals surface area contributed by atoms with Gasteiger partial charge in [-0.3, -0.25) is 0 Å². The summed E-state index contributed by atoms with van der Waals surface area (Å²) in [5.74, 6) is 15.5. The molecule has 0 aliphatic heterocycles. The largest absolute Gasteiger partial charge is 0.508 e. The number of phenols is 2. The maximum Gasteiger partial charge on any atom is 0.202 e. The van der Waals surface area contributed by atoms with Gasteiger partial charge in [-0.15, -0.1) is 0 Å². The Morgan fingerprint density at radius 1 is 0.359 bits per heavy atom. The summed E-state index contributed by atoms with van der Waals surface area (Å²) in [5, 5.41) is 20.9. The third-order valence-electron chi connectivity index (χ3n) is 27.3. The summed E-state index contributed by atoms with van der Waals surface area (Å²) >= 11 is 0. The van der Waals surface area contributed by atoms with Gasteiger partial charge in [0.25, 0.3) is 0 Å². The predicted molar refractivity (Wildman–Crippen MR) is 433 cm³/mol. The first kappa shape index (κ1) is 79.5. The molecule has 10 aliphatic rings. The van der Waals surface area contributed by atoms with Crippen molar-refractivity contribution in [1.82, 2.24) is 0 Å². The van der Waals surface area contributed by atoms with E-state index in [2.05, 4.69) is 234 Å². The van der Waals surface area contributed by atoms with E-state index in [9.17, 15) is 0 Å². The molecule has 0 saturated heterocycles. The lowest BCUT2D eigenvalue weighted by Crippen LogP contribution is -2.60. The zero-order chi connectivity index (χ0) is 73.9. The lowest BCUT2D eigenvalue weighted by atomic mass is 9.49. The molecule has 6 nitrogen and oxygen atoms in total. The van der Waals surface area contributed by atoms with Crippen LogP contribution in [0.1, 0.15) is 313 Å². The summed E-state index contributed by atoms with van der Waals surface area (Å²) in [5.41, 5.74) is 11.7. The SMILES string of the molecule is CC1Cc2ccccc2C1C.CC1c2cccc3cccc(c23)C1C.CCC(C)c1ccc(O)cc1.CCC(C)c1ccc(O)cc1.CCC(C)c1ccc(OC(OC2(CC)C3CC4CC(C3)CC2C4)C(C)C)cc1.CCC(C)c1ccc(OC(OC2(CC)C3CC4CC(C3)CC2C4)C(C)C)cc1. The molecule has 7 aromatic carbocycles. The first-order chi connectivity index (χ1) is 49.4. The number of phenolic OH excluding ortho intramolecular Hbond substituents is 2. The molecule has 0 amide bonds. The number of hydrogen-bond acceptors (Lipinski definition) is 6. The first-order valence-electron chi connectivity index (χ1n) is 41.5. The Kier molecular flexibility index (Phi) is 27.8. The van der Waals surface area contributed by atoms with Crippen molar-refractivity contribution in [1.29, 1.82) is 0 Å². The molecule has 8 saturated carbocycles. The second-order valence-corrected chi connectivity index (χ2v) is 34.5. The smallest absolute Gasteiger partial charge is 0.202 e. The van der Waals surface area contributed by atoms with E-state index >= 15 is 0 Å². The van der Waals surface area contributed by atoms with Crippen molar-refractivity contribution >= 4 is 10.8 Å². The van der Waals surface area contributed by atoms with Crippen LogP contribution in [0, 0.1) is 65.1 Å². The minimum Gasteiger partial charge on any atom is -0.508 e. The lowest BCUT2D eigenvalue weighted by Gasteiger charge is -2.61. The van der Waals surface area contributed by atoms with Crippen LogP contribution in [0.15, 0.2) is 158 Å². The number of hydrogen-bond donors (Lipinski definition) is 2. The number of fused-ring (bicyclic) bond motifs is 1. The molecule has 0 aromatic heterocycles. The highest BCUT2D eigenvalue weighted by Gasteiger charge is 2.60. The van der Waals surface area contributed by atoms with Crippen molar-refractivity contribution in [3.63, 3.8) is 0 Å². The molecule has 0 radical (unpaired) electrons. The fourth-order valence-corrected chi connectivity index (χ4v) is 20.0. The second kappa shape index (κ2) is 36.0. The summed E-state index contributed by atoms with van der Waals surface area (Å²) in [6.07, 6.45) is 21.9. The minimum atomic E-state index is -0.160. The summed E-state index contributed by atoms with van der Waals surface area (Å²) < 4.78 is 26.9. The van der Waals surface area contributed by atoms with E-state index in [1.807, 2.05) is 24.3 Å². The molecule has 6 heteroatoms. The molecule has 7 aromatic rings. The van der Waals surface area contributed by atoms with Crippen LogP contribution in [0.3, 0.4) is 0 Å². The van der Waals surface area contributed by atoms with E-state index in [1.165, 1.54) is 128 Å². The summed E-state index contributed by atoms with van der Waals surface area (Å²) in [6, 6.07) is 54.4. The maximum absolute atomic E-state index is 9.01. The molecule has 103 heavy (non-hydrogen) atoms. The topological polar surface area (TPSA) is 77.4 Å². The van der Waals surface area contributed by atoms with Crippen LogP contribution in [0.2, 0.25) is 0 Å². The van der Waals surface area contributed by atoms with Crippen molar-refractivity contribution in [2.24, 2.45) is 65.1 Å². The quantitative estimate of drug-likeness (QED) is 0.0741. The van der Waals surface area contributed by atoms with Crippen LogP contribution in [0.5, 0.6) is 23.0 Å². The Bertz CT molecular complexity index is 3430. The van der Waals surface area contributed by atoms with E-state index in [4.69, 9.17) is 29.2 Å². The first-order valence-corrected chi connectivity index (χ1v) is 41.5. The van der Waals surface area contributed by atoms with E-state index in [0.29, 0.717) is 58.8 Å². The van der Waals surface area contributed by atoms with Crippen molar-refractivity contribution in [3.05, 3.63) is 202 Å². The number of benzene rings is 7. The maximum atomic E-state index is 9.01. The van der Waals surface area contributed by atoms with Gasteiger partial charge in [0.05, 0.1) is 11.2 Å². The third-order valence-corrected chi connectivity index (χ3v) is 27.3. The summed E-state index contributed by atoms with van der Waals surface area (Å²) in [4.78, 5) is 0. The molecule has 2 N–H and O–H groups in total. The van der Waals surface area contributed by atoms with Gasteiger partial charge in [0.15, 0.2) is 0 Å². The van der Waals surface area contributed by atoms with Crippen LogP contribution in [0.25, 0.3) is 10.8 Å². The highest BCUT2D eigenvalue weighted by atomic mass is 16.7. The number of rotatable bonds is 20. The monoisotopic (exact) mass is 1400 g/mol. The van der Waals surface area contributed by atoms with Gasteiger partial charge in [0.2, 0.25) is 12.6 Å². The Labute approximate surface area is 625 Å². The molecule has 8 fully saturated rings. The standard InChI is InChI=1S/2C26H40O2.C14H14.C11H14.2C10H14O/c2*1-6-18(5)21-8-10-24(11-9-21)27-25(17(3)4)28-26(7-2)22-13-19-12-20(15-22)16-23(26)14-19;1-9-10(2)13-8-4-6-11-5-3-7-12(9)14(11)13;1-8-7-10-5-3-4-6-11(10)9(8)2;2*1-3-8(2)9-4-6-10(11)7-5-9/h2*8-11,17-20,22-23,25H,6-7,12-16H2,1-5H3;3-10H,1-2H3;3-6,8-9H,7H2,1-2H3;2*4-8,11H,3H2,1-2H3. The molecule has 10 atom stereocenters. The highest BCUT2D eigenvalue weighted by Crippen LogP contribution is 2.63. The van der Waals surface area contributed by atoms with Gasteiger partial charge in [0, 0.05) is 11.8 Å². The fourth-order valence-electron chi connectivity index (χ4n) is 20.0. The van der Waals surface area contributed by atoms with E-state index < -0.39 is 0 Å². The average molecular weight is 1400 g/mol. The van der Waals surface area contributed by atoms with E-state index in [-0.39, 0.29) is 23.8 Å². The molecule has 10 unspecified atom stereocenters. The molecular formula is C97H136O6. The van der Waals surface area contributed by atoms with Crippen LogP contribution in [0.4, 0.5) is 0 Å². The van der Waals surface area contributed by atoms with Crippen LogP contribution in [-0.2, 0) is 15.9 Å². The van der Waals surface area contributed by atoms with E-state index in [1.54, 1.807) is 35.4 Å². The van der Waals surface area contributed by atoms with Crippen LogP contribution < -0.4 is 9.47 Å². The predicted octanol–water partition coefficient (Wildman–Crippen LogP) is 27.2. The second-order valence-electron chi connectivity index (χ2n) is 34.5. The number of aromatic hydroxyl groups is 2. The Morgan fingerprint density at radius 2 is 0.670 bits per heavy atom. The molecule has 10 aliphatic carbocycles. The van der Waals surface area contributed by atoms with Crippen molar-refractivity contribution in [3.8, 4) is 23.0 Å². The third kappa shape index (κ3) is 18.7. The Hall–Kier alpha value is -6.08. The molecule has 17 rings (SSSR count). The van der Waals surface area contributed by atoms with Crippen molar-refractivity contribution in [2.75, 3.05) is 0 Å². The average Bonchev–Trinajstić information content (AvgIpc) is 1.68. The van der Waals surface area contributed by atoms with Gasteiger partial charge in [0.1, 0.15) is 23.0 Å². The van der Waals surface area contributed by atoms with E-state index in [0.717, 1.165) is 96.4 Å². The van der Waals surface area contributed by atoms with Gasteiger partial charge >= 0.3 is 0 Å². The number of ether oxygens (including phenoxy) is 4. The van der Waals surface area contributed by atoms with Crippen LogP contribution >= 0.6 is 0 Å². The Balaban J connectivity index is 0.000000140. The molecule has 560 valence electrons. The van der Waals surface area contributed by atoms with Gasteiger partial charge in [-0.1, -0.05) is 234 Å². The van der Waals surface area contributed by atoms with Gasteiger partial charge in [-0.25, -0.2) is 0 Å². The van der Waals surface area contributed by atoms with Gasteiger partial charge in [-0.05, 0) is 308 Å². The normalized spacial score (nSPS) is 28.7. The zero-order valence-electron chi connectivity index (χ0n) is 67.1. The van der Waals surface area contributed by atoms with Gasteiger partial charge < -0.3 is 29.2 Å². The minimum absolute atomic E-state index is 0.0407. The molecular weight excluding hydrogens is 1260 g/mol. The van der Waals surface area contributed by atoms with Crippen molar-refractivity contribution < 1.29 is 29.2 Å². The lowest BCUT2D eigenvalue weighted by molar-refractivity contribution is -0.272. The molecule has 0 spiro atoms. The van der Waals surface area contributed by atoms with Gasteiger partial charge in [-0.2, -0.15) is 0 Å². The van der Waals surface area contributed by atoms with Crippen LogP contribution in [-0.4, -0.2) is 34.0 Å². The highest BCUT2D eigenvalue weighted by molar-refractivity contribution is 5.92. The Morgan fingerprint density at radius 3 is 0.971 bits per heavy atom. The van der Waals surface area contributed by atoms with Crippen molar-refractivity contribution in [2.45, 2.75) is 299 Å². The molecule has 8 bridgehead atoms. The summed E-state index contributed by atoms with van der Waals surface area (Å²) in [6.45, 7) is 40.7. The summed E-state index contributed by atoms with van der Waals surface area (Å²) in [7, 11) is 0. The zero-order valence-corrected chi connectivity index (χ0v) is 67.1.